The van der Waals surface area contributed by atoms with Crippen molar-refractivity contribution in [2.24, 2.45) is 0 Å². The summed E-state index contributed by atoms with van der Waals surface area (Å²) in [5.41, 5.74) is 0.486. The molecule has 1 atom stereocenters. The number of nitrogens with zero attached hydrogens (tertiary/aromatic N) is 2. The zero-order valence-electron chi connectivity index (χ0n) is 17.5. The lowest BCUT2D eigenvalue weighted by Crippen LogP contribution is -2.32. The van der Waals surface area contributed by atoms with Crippen molar-refractivity contribution in [3.63, 3.8) is 0 Å². The van der Waals surface area contributed by atoms with E-state index in [9.17, 15) is 14.7 Å². The molecule has 0 aliphatic carbocycles. The number of amides is 1. The molecule has 8 heteroatoms. The lowest BCUT2D eigenvalue weighted by atomic mass is 9.99. The maximum absolute atomic E-state index is 12.9. The average molecular weight is 431 g/mol. The standard InChI is InChI=1S/C22H26N2O5S/c1-23(2)10-6-11-24-19(17-7-5-12-30-17)18(21(26)22(24)27)20(25)14-8-9-15(28-3)16(13-14)29-4/h5,7-9,12-13,19,25H,6,10-11H2,1-4H3/b20-18-. The number of carbonyl (C=O) groups excluding carboxylic acids is 2. The number of rotatable bonds is 8. The Morgan fingerprint density at radius 3 is 2.50 bits per heavy atom. The number of likely N-dealkylation sites (tertiary alicyclic amines) is 1. The van der Waals surface area contributed by atoms with Crippen LogP contribution in [-0.4, -0.2) is 68.0 Å². The van der Waals surface area contributed by atoms with Crippen LogP contribution in [0, 0.1) is 0 Å². The Hall–Kier alpha value is -2.84. The molecule has 30 heavy (non-hydrogen) atoms. The van der Waals surface area contributed by atoms with Crippen LogP contribution in [0.3, 0.4) is 0 Å². The third kappa shape index (κ3) is 4.20. The number of aliphatic hydroxyl groups excluding tert-OH is 1. The Morgan fingerprint density at radius 1 is 1.17 bits per heavy atom. The van der Waals surface area contributed by atoms with Crippen molar-refractivity contribution in [2.75, 3.05) is 41.4 Å². The van der Waals surface area contributed by atoms with E-state index in [1.807, 2.05) is 36.5 Å². The second-order valence-corrected chi connectivity index (χ2v) is 8.21. The first kappa shape index (κ1) is 21.9. The monoisotopic (exact) mass is 430 g/mol. The van der Waals surface area contributed by atoms with Crippen LogP contribution in [-0.2, 0) is 9.59 Å². The molecule has 0 saturated carbocycles. The van der Waals surface area contributed by atoms with Crippen molar-refractivity contribution in [3.8, 4) is 11.5 Å². The highest BCUT2D eigenvalue weighted by atomic mass is 32.1. The third-order valence-corrected chi connectivity index (χ3v) is 5.94. The van der Waals surface area contributed by atoms with Gasteiger partial charge in [-0.2, -0.15) is 0 Å². The first-order valence-electron chi connectivity index (χ1n) is 9.58. The van der Waals surface area contributed by atoms with E-state index in [0.29, 0.717) is 23.6 Å². The highest BCUT2D eigenvalue weighted by Gasteiger charge is 2.46. The summed E-state index contributed by atoms with van der Waals surface area (Å²) in [5, 5.41) is 13.0. The first-order chi connectivity index (χ1) is 14.4. The smallest absolute Gasteiger partial charge is 0.295 e. The van der Waals surface area contributed by atoms with E-state index in [4.69, 9.17) is 9.47 Å². The molecule has 1 fully saturated rings. The number of Topliss-reactive ketones (excluding diaryl/α,β-unsaturated/α-hetero) is 1. The van der Waals surface area contributed by atoms with Crippen molar-refractivity contribution in [1.29, 1.82) is 0 Å². The van der Waals surface area contributed by atoms with Crippen molar-refractivity contribution in [1.82, 2.24) is 9.80 Å². The number of ketones is 1. The van der Waals surface area contributed by atoms with Crippen molar-refractivity contribution in [2.45, 2.75) is 12.5 Å². The van der Waals surface area contributed by atoms with Crippen LogP contribution in [0.2, 0.25) is 0 Å². The molecule has 160 valence electrons. The molecule has 7 nitrogen and oxygen atoms in total. The zero-order valence-corrected chi connectivity index (χ0v) is 18.4. The predicted molar refractivity (Wildman–Crippen MR) is 116 cm³/mol. The van der Waals surface area contributed by atoms with Crippen LogP contribution in [0.1, 0.15) is 22.9 Å². The van der Waals surface area contributed by atoms with Gasteiger partial charge in [0, 0.05) is 17.0 Å². The Balaban J connectivity index is 2.06. The summed E-state index contributed by atoms with van der Waals surface area (Å²) in [7, 11) is 6.94. The Labute approximate surface area is 180 Å². The number of thiophene rings is 1. The molecule has 0 radical (unpaired) electrons. The predicted octanol–water partition coefficient (Wildman–Crippen LogP) is 3.14. The fraction of sp³-hybridized carbons (Fsp3) is 0.364. The molecule has 1 aromatic heterocycles. The molecule has 0 spiro atoms. The van der Waals surface area contributed by atoms with Gasteiger partial charge in [0.15, 0.2) is 11.5 Å². The normalized spacial score (nSPS) is 18.3. The number of aliphatic hydroxyl groups is 1. The molecule has 2 heterocycles. The van der Waals surface area contributed by atoms with Crippen LogP contribution in [0.4, 0.5) is 0 Å². The molecule has 1 aliphatic rings. The van der Waals surface area contributed by atoms with Gasteiger partial charge in [-0.3, -0.25) is 9.59 Å². The lowest BCUT2D eigenvalue weighted by molar-refractivity contribution is -0.139. The quantitative estimate of drug-likeness (QED) is 0.394. The van der Waals surface area contributed by atoms with Crippen LogP contribution in [0.25, 0.3) is 5.76 Å². The Morgan fingerprint density at radius 2 is 1.90 bits per heavy atom. The van der Waals surface area contributed by atoms with E-state index < -0.39 is 17.7 Å². The van der Waals surface area contributed by atoms with Crippen molar-refractivity contribution < 1.29 is 24.2 Å². The molecule has 1 saturated heterocycles. The summed E-state index contributed by atoms with van der Waals surface area (Å²) in [6.45, 7) is 1.21. The van der Waals surface area contributed by atoms with Gasteiger partial charge >= 0.3 is 0 Å². The molecule has 1 amide bonds. The number of hydrogen-bond donors (Lipinski definition) is 1. The van der Waals surface area contributed by atoms with Crippen LogP contribution in [0.15, 0.2) is 41.3 Å². The molecule has 2 aromatic rings. The zero-order chi connectivity index (χ0) is 21.8. The van der Waals surface area contributed by atoms with Gasteiger partial charge in [0.2, 0.25) is 0 Å². The fourth-order valence-electron chi connectivity index (χ4n) is 3.55. The summed E-state index contributed by atoms with van der Waals surface area (Å²) in [5.74, 6) is -0.551. The van der Waals surface area contributed by atoms with Gasteiger partial charge in [-0.05, 0) is 56.7 Å². The van der Waals surface area contributed by atoms with E-state index in [-0.39, 0.29) is 11.3 Å². The summed E-state index contributed by atoms with van der Waals surface area (Å²) in [6.07, 6.45) is 0.721. The summed E-state index contributed by atoms with van der Waals surface area (Å²) >= 11 is 1.45. The molecular weight excluding hydrogens is 404 g/mol. The topological polar surface area (TPSA) is 79.3 Å². The molecule has 1 aromatic carbocycles. The van der Waals surface area contributed by atoms with Gasteiger partial charge in [0.25, 0.3) is 11.7 Å². The van der Waals surface area contributed by atoms with Crippen molar-refractivity contribution >= 4 is 28.8 Å². The van der Waals surface area contributed by atoms with E-state index in [2.05, 4.69) is 0 Å². The SMILES string of the molecule is COc1ccc(/C(O)=C2/C(=O)C(=O)N(CCCN(C)C)C2c2cccs2)cc1OC. The van der Waals surface area contributed by atoms with Gasteiger partial charge in [0.05, 0.1) is 25.8 Å². The molecule has 1 N–H and O–H groups in total. The minimum atomic E-state index is -0.675. The summed E-state index contributed by atoms with van der Waals surface area (Å²) in [4.78, 5) is 30.2. The Bertz CT molecular complexity index is 952. The molecule has 1 unspecified atom stereocenters. The van der Waals surface area contributed by atoms with E-state index in [1.54, 1.807) is 23.1 Å². The second kappa shape index (κ2) is 9.32. The largest absolute Gasteiger partial charge is 0.507 e. The van der Waals surface area contributed by atoms with Gasteiger partial charge in [0.1, 0.15) is 5.76 Å². The van der Waals surface area contributed by atoms with Crippen molar-refractivity contribution in [3.05, 3.63) is 51.7 Å². The maximum atomic E-state index is 12.9. The number of hydrogen-bond acceptors (Lipinski definition) is 7. The number of benzene rings is 1. The summed E-state index contributed by atoms with van der Waals surface area (Å²) < 4.78 is 10.6. The maximum Gasteiger partial charge on any atom is 0.295 e. The van der Waals surface area contributed by atoms with Crippen LogP contribution in [0.5, 0.6) is 11.5 Å². The number of carbonyl (C=O) groups is 2. The highest BCUT2D eigenvalue weighted by Crippen LogP contribution is 2.42. The van der Waals surface area contributed by atoms with Crippen LogP contribution < -0.4 is 9.47 Å². The van der Waals surface area contributed by atoms with Gasteiger partial charge in [-0.15, -0.1) is 11.3 Å². The fourth-order valence-corrected chi connectivity index (χ4v) is 4.39. The van der Waals surface area contributed by atoms with E-state index in [0.717, 1.165) is 17.8 Å². The number of methoxy groups -OCH3 is 2. The lowest BCUT2D eigenvalue weighted by Gasteiger charge is -2.24. The minimum Gasteiger partial charge on any atom is -0.507 e. The highest BCUT2D eigenvalue weighted by molar-refractivity contribution is 7.10. The molecule has 3 rings (SSSR count). The van der Waals surface area contributed by atoms with Gasteiger partial charge in [-0.1, -0.05) is 6.07 Å². The van der Waals surface area contributed by atoms with Crippen LogP contribution >= 0.6 is 11.3 Å². The van der Waals surface area contributed by atoms with Gasteiger partial charge < -0.3 is 24.4 Å². The molecular formula is C22H26N2O5S. The summed E-state index contributed by atoms with van der Waals surface area (Å²) in [6, 6.07) is 8.03. The molecule has 1 aliphatic heterocycles. The first-order valence-corrected chi connectivity index (χ1v) is 10.5. The van der Waals surface area contributed by atoms with E-state index >= 15 is 0 Å². The van der Waals surface area contributed by atoms with E-state index in [1.165, 1.54) is 25.6 Å². The van der Waals surface area contributed by atoms with Gasteiger partial charge in [-0.25, -0.2) is 0 Å². The second-order valence-electron chi connectivity index (χ2n) is 7.23. The average Bonchev–Trinajstić information content (AvgIpc) is 3.35. The third-order valence-electron chi connectivity index (χ3n) is 5.01. The minimum absolute atomic E-state index is 0.0968. The number of ether oxygens (including phenoxy) is 2. The molecule has 0 bridgehead atoms. The Kier molecular flexibility index (Phi) is 6.79.